The Bertz CT molecular complexity index is 1490. The number of anilines is 2. The molecule has 2 aliphatic rings. The van der Waals surface area contributed by atoms with Gasteiger partial charge in [-0.15, -0.1) is 0 Å². The molecule has 6 rings (SSSR count). The molecule has 3 unspecified atom stereocenters. The first-order valence-electron chi connectivity index (χ1n) is 13.3. The number of fused-ring (bicyclic) bond motifs is 3. The number of nitrogens with one attached hydrogen (secondary N) is 2. The van der Waals surface area contributed by atoms with Crippen molar-refractivity contribution in [2.45, 2.75) is 38.8 Å². The summed E-state index contributed by atoms with van der Waals surface area (Å²) in [7, 11) is 0. The zero-order valence-electron chi connectivity index (χ0n) is 21.8. The van der Waals surface area contributed by atoms with Gasteiger partial charge in [-0.3, -0.25) is 4.79 Å². The van der Waals surface area contributed by atoms with E-state index in [0.717, 1.165) is 34.7 Å². The number of benzene rings is 4. The third-order valence-corrected chi connectivity index (χ3v) is 7.89. The molecule has 1 amide bonds. The van der Waals surface area contributed by atoms with Crippen LogP contribution >= 0.6 is 0 Å². The van der Waals surface area contributed by atoms with Crippen molar-refractivity contribution in [2.24, 2.45) is 5.92 Å². The smallest absolute Gasteiger partial charge is 0.257 e. The SMILES string of the molecule is Cc1ccc(NC(=O)c2cccc3c2NC(c2ccc(OCc4ccccc4)cc2)C2CC=CC32)cc1C. The Morgan fingerprint density at radius 1 is 0.921 bits per heavy atom. The first-order chi connectivity index (χ1) is 18.6. The molecule has 4 nitrogen and oxygen atoms in total. The topological polar surface area (TPSA) is 50.4 Å². The molecule has 1 aliphatic heterocycles. The number of para-hydroxylation sites is 1. The van der Waals surface area contributed by atoms with Crippen LogP contribution in [0.4, 0.5) is 11.4 Å². The molecule has 4 aromatic rings. The molecule has 0 aromatic heterocycles. The maximum atomic E-state index is 13.5. The molecular formula is C34H32N2O2. The van der Waals surface area contributed by atoms with Crippen LogP contribution in [0.2, 0.25) is 0 Å². The Labute approximate surface area is 224 Å². The second-order valence-corrected chi connectivity index (χ2v) is 10.3. The summed E-state index contributed by atoms with van der Waals surface area (Å²) in [6, 6.07) is 30.8. The second-order valence-electron chi connectivity index (χ2n) is 10.3. The number of hydrogen-bond acceptors (Lipinski definition) is 3. The summed E-state index contributed by atoms with van der Waals surface area (Å²) < 4.78 is 6.01. The van der Waals surface area contributed by atoms with E-state index in [0.29, 0.717) is 18.1 Å². The Morgan fingerprint density at radius 3 is 2.53 bits per heavy atom. The van der Waals surface area contributed by atoms with Crippen molar-refractivity contribution >= 4 is 17.3 Å². The lowest BCUT2D eigenvalue weighted by Crippen LogP contribution is -2.30. The van der Waals surface area contributed by atoms with Gasteiger partial charge in [0.15, 0.2) is 0 Å². The van der Waals surface area contributed by atoms with Gasteiger partial charge >= 0.3 is 0 Å². The van der Waals surface area contributed by atoms with E-state index in [1.165, 1.54) is 16.7 Å². The van der Waals surface area contributed by atoms with Gasteiger partial charge in [-0.1, -0.05) is 72.8 Å². The number of aryl methyl sites for hydroxylation is 2. The molecule has 0 radical (unpaired) electrons. The van der Waals surface area contributed by atoms with Crippen molar-refractivity contribution in [3.05, 3.63) is 137 Å². The largest absolute Gasteiger partial charge is 0.489 e. The zero-order chi connectivity index (χ0) is 26.1. The molecule has 1 heterocycles. The number of hydrogen-bond donors (Lipinski definition) is 2. The lowest BCUT2D eigenvalue weighted by molar-refractivity contribution is 0.102. The van der Waals surface area contributed by atoms with Crippen LogP contribution in [0.5, 0.6) is 5.75 Å². The van der Waals surface area contributed by atoms with Crippen molar-refractivity contribution in [3.63, 3.8) is 0 Å². The summed E-state index contributed by atoms with van der Waals surface area (Å²) >= 11 is 0. The van der Waals surface area contributed by atoms with Gasteiger partial charge in [0.2, 0.25) is 0 Å². The summed E-state index contributed by atoms with van der Waals surface area (Å²) in [5.74, 6) is 1.43. The van der Waals surface area contributed by atoms with Gasteiger partial charge in [0, 0.05) is 11.6 Å². The van der Waals surface area contributed by atoms with Crippen LogP contribution in [-0.4, -0.2) is 5.91 Å². The van der Waals surface area contributed by atoms with E-state index in [2.05, 4.69) is 67.0 Å². The summed E-state index contributed by atoms with van der Waals surface area (Å²) in [5.41, 5.74) is 8.32. The highest BCUT2D eigenvalue weighted by Crippen LogP contribution is 2.50. The van der Waals surface area contributed by atoms with Gasteiger partial charge in [-0.05, 0) is 84.3 Å². The zero-order valence-corrected chi connectivity index (χ0v) is 21.8. The van der Waals surface area contributed by atoms with E-state index in [-0.39, 0.29) is 17.9 Å². The second kappa shape index (κ2) is 10.2. The minimum absolute atomic E-state index is 0.0959. The predicted molar refractivity (Wildman–Crippen MR) is 154 cm³/mol. The molecule has 0 saturated heterocycles. The molecule has 0 saturated carbocycles. The van der Waals surface area contributed by atoms with Gasteiger partial charge in [0.25, 0.3) is 5.91 Å². The summed E-state index contributed by atoms with van der Waals surface area (Å²) in [6.45, 7) is 4.68. The minimum atomic E-state index is -0.0959. The fourth-order valence-corrected chi connectivity index (χ4v) is 5.67. The quantitative estimate of drug-likeness (QED) is 0.264. The average Bonchev–Trinajstić information content (AvgIpc) is 3.44. The monoisotopic (exact) mass is 500 g/mol. The van der Waals surface area contributed by atoms with E-state index in [1.807, 2.05) is 60.7 Å². The van der Waals surface area contributed by atoms with Crippen LogP contribution in [0, 0.1) is 19.8 Å². The molecule has 4 aromatic carbocycles. The van der Waals surface area contributed by atoms with Crippen molar-refractivity contribution in [1.82, 2.24) is 0 Å². The summed E-state index contributed by atoms with van der Waals surface area (Å²) in [5, 5.41) is 6.89. The van der Waals surface area contributed by atoms with E-state index in [9.17, 15) is 4.79 Å². The highest BCUT2D eigenvalue weighted by Gasteiger charge is 2.39. The molecule has 1 aliphatic carbocycles. The Morgan fingerprint density at radius 2 is 1.74 bits per heavy atom. The fourth-order valence-electron chi connectivity index (χ4n) is 5.67. The number of carbonyl (C=O) groups excluding carboxylic acids is 1. The molecule has 4 heteroatoms. The number of rotatable bonds is 6. The minimum Gasteiger partial charge on any atom is -0.489 e. The van der Waals surface area contributed by atoms with E-state index in [1.54, 1.807) is 0 Å². The third kappa shape index (κ3) is 4.70. The van der Waals surface area contributed by atoms with Crippen LogP contribution in [-0.2, 0) is 6.61 Å². The van der Waals surface area contributed by atoms with E-state index in [4.69, 9.17) is 4.74 Å². The fraction of sp³-hybridized carbons (Fsp3) is 0.206. The first kappa shape index (κ1) is 24.1. The van der Waals surface area contributed by atoms with Crippen molar-refractivity contribution in [2.75, 3.05) is 10.6 Å². The highest BCUT2D eigenvalue weighted by atomic mass is 16.5. The average molecular weight is 501 g/mol. The molecule has 0 bridgehead atoms. The Kier molecular flexibility index (Phi) is 6.47. The molecular weight excluding hydrogens is 468 g/mol. The highest BCUT2D eigenvalue weighted by molar-refractivity contribution is 6.08. The molecule has 190 valence electrons. The summed E-state index contributed by atoms with van der Waals surface area (Å²) in [4.78, 5) is 13.5. The van der Waals surface area contributed by atoms with Crippen LogP contribution in [0.3, 0.4) is 0 Å². The Hall–Kier alpha value is -4.31. The number of ether oxygens (including phenoxy) is 1. The van der Waals surface area contributed by atoms with Crippen LogP contribution in [0.25, 0.3) is 0 Å². The first-order valence-corrected chi connectivity index (χ1v) is 13.3. The van der Waals surface area contributed by atoms with E-state index < -0.39 is 0 Å². The van der Waals surface area contributed by atoms with Crippen LogP contribution < -0.4 is 15.4 Å². The van der Waals surface area contributed by atoms with Gasteiger partial charge in [0.1, 0.15) is 12.4 Å². The maximum absolute atomic E-state index is 13.5. The Balaban J connectivity index is 1.25. The lowest BCUT2D eigenvalue weighted by atomic mass is 9.76. The normalized spacial score (nSPS) is 19.3. The molecule has 0 spiro atoms. The van der Waals surface area contributed by atoms with Gasteiger partial charge in [-0.2, -0.15) is 0 Å². The molecule has 0 fully saturated rings. The van der Waals surface area contributed by atoms with Gasteiger partial charge in [0.05, 0.1) is 17.3 Å². The van der Waals surface area contributed by atoms with Crippen LogP contribution in [0.1, 0.15) is 56.6 Å². The lowest BCUT2D eigenvalue weighted by Gasteiger charge is -2.38. The van der Waals surface area contributed by atoms with Gasteiger partial charge in [-0.25, -0.2) is 0 Å². The van der Waals surface area contributed by atoms with E-state index >= 15 is 0 Å². The van der Waals surface area contributed by atoms with Crippen molar-refractivity contribution in [1.29, 1.82) is 0 Å². The summed E-state index contributed by atoms with van der Waals surface area (Å²) in [6.07, 6.45) is 5.59. The number of carbonyl (C=O) groups is 1. The van der Waals surface area contributed by atoms with Gasteiger partial charge < -0.3 is 15.4 Å². The molecule has 2 N–H and O–H groups in total. The molecule has 38 heavy (non-hydrogen) atoms. The predicted octanol–water partition coefficient (Wildman–Crippen LogP) is 7.96. The maximum Gasteiger partial charge on any atom is 0.257 e. The molecule has 3 atom stereocenters. The number of amides is 1. The standard InChI is InChI=1S/C34H32N2O2/c1-22-14-17-26(20-23(22)2)35-34(37)31-13-7-12-30-28-10-6-11-29(28)32(36-33(30)31)25-15-18-27(19-16-25)38-21-24-8-4-3-5-9-24/h3-10,12-20,28-29,32,36H,11,21H2,1-2H3,(H,35,37). The van der Waals surface area contributed by atoms with Crippen molar-refractivity contribution < 1.29 is 9.53 Å². The number of allylic oxidation sites excluding steroid dienone is 2. The third-order valence-electron chi connectivity index (χ3n) is 7.89. The van der Waals surface area contributed by atoms with Crippen molar-refractivity contribution in [3.8, 4) is 5.75 Å². The van der Waals surface area contributed by atoms with Crippen LogP contribution in [0.15, 0.2) is 103 Å².